The third-order valence-electron chi connectivity index (χ3n) is 3.49. The number of nitrogens with zero attached hydrogens (tertiary/aromatic N) is 2. The van der Waals surface area contributed by atoms with Crippen LogP contribution < -0.4 is 10.6 Å². The van der Waals surface area contributed by atoms with Gasteiger partial charge in [0.25, 0.3) is 0 Å². The van der Waals surface area contributed by atoms with Crippen LogP contribution in [-0.2, 0) is 11.3 Å². The molecule has 4 nitrogen and oxygen atoms in total. The van der Waals surface area contributed by atoms with E-state index in [0.29, 0.717) is 19.5 Å². The van der Waals surface area contributed by atoms with E-state index in [9.17, 15) is 4.79 Å². The average molecular weight is 247 g/mol. The van der Waals surface area contributed by atoms with E-state index in [1.807, 2.05) is 17.0 Å². The largest absolute Gasteiger partial charge is 0.372 e. The van der Waals surface area contributed by atoms with Crippen molar-refractivity contribution < 1.29 is 4.79 Å². The Morgan fingerprint density at radius 2 is 2.17 bits per heavy atom. The molecule has 2 N–H and O–H groups in total. The molecule has 0 aromatic heterocycles. The van der Waals surface area contributed by atoms with Crippen molar-refractivity contribution in [2.45, 2.75) is 25.9 Å². The topological polar surface area (TPSA) is 49.6 Å². The van der Waals surface area contributed by atoms with Crippen molar-refractivity contribution in [2.75, 3.05) is 25.0 Å². The van der Waals surface area contributed by atoms with Crippen LogP contribution in [0.1, 0.15) is 18.9 Å². The van der Waals surface area contributed by atoms with E-state index in [1.54, 1.807) is 0 Å². The summed E-state index contributed by atoms with van der Waals surface area (Å²) in [7, 11) is 2.08. The first kappa shape index (κ1) is 12.9. The molecule has 0 saturated carbocycles. The van der Waals surface area contributed by atoms with Crippen molar-refractivity contribution in [3.8, 4) is 0 Å². The van der Waals surface area contributed by atoms with E-state index in [2.05, 4.69) is 31.0 Å². The van der Waals surface area contributed by atoms with E-state index < -0.39 is 0 Å². The number of nitrogens with two attached hydrogens (primary N) is 1. The van der Waals surface area contributed by atoms with Gasteiger partial charge in [-0.05, 0) is 18.6 Å². The van der Waals surface area contributed by atoms with Crippen LogP contribution in [0, 0.1) is 0 Å². The van der Waals surface area contributed by atoms with Crippen LogP contribution in [0.5, 0.6) is 0 Å². The Morgan fingerprint density at radius 1 is 1.44 bits per heavy atom. The third-order valence-corrected chi connectivity index (χ3v) is 3.49. The summed E-state index contributed by atoms with van der Waals surface area (Å²) in [4.78, 5) is 16.3. The number of hydrogen-bond acceptors (Lipinski definition) is 3. The molecule has 4 heteroatoms. The molecule has 1 aromatic carbocycles. The van der Waals surface area contributed by atoms with Gasteiger partial charge in [-0.3, -0.25) is 4.79 Å². The van der Waals surface area contributed by atoms with Crippen molar-refractivity contribution in [3.63, 3.8) is 0 Å². The zero-order valence-electron chi connectivity index (χ0n) is 11.1. The lowest BCUT2D eigenvalue weighted by atomic mass is 10.1. The smallest absolute Gasteiger partial charge is 0.224 e. The van der Waals surface area contributed by atoms with Gasteiger partial charge in [0.1, 0.15) is 0 Å². The van der Waals surface area contributed by atoms with Crippen LogP contribution in [0.4, 0.5) is 5.69 Å². The summed E-state index contributed by atoms with van der Waals surface area (Å²) in [6.07, 6.45) is 0.427. The Morgan fingerprint density at radius 3 is 2.89 bits per heavy atom. The van der Waals surface area contributed by atoms with Crippen molar-refractivity contribution >= 4 is 11.6 Å². The quantitative estimate of drug-likeness (QED) is 0.854. The van der Waals surface area contributed by atoms with E-state index in [4.69, 9.17) is 5.73 Å². The van der Waals surface area contributed by atoms with Crippen molar-refractivity contribution in [1.82, 2.24) is 4.90 Å². The van der Waals surface area contributed by atoms with Crippen LogP contribution in [-0.4, -0.2) is 37.0 Å². The second-order valence-corrected chi connectivity index (χ2v) is 4.92. The number of para-hydroxylation sites is 1. The van der Waals surface area contributed by atoms with Gasteiger partial charge in [0.2, 0.25) is 5.91 Å². The van der Waals surface area contributed by atoms with Crippen molar-refractivity contribution in [3.05, 3.63) is 29.8 Å². The molecule has 0 spiro atoms. The molecule has 1 aromatic rings. The van der Waals surface area contributed by atoms with Gasteiger partial charge >= 0.3 is 0 Å². The molecule has 0 saturated heterocycles. The number of fused-ring (bicyclic) bond motifs is 1. The van der Waals surface area contributed by atoms with Gasteiger partial charge in [-0.15, -0.1) is 0 Å². The van der Waals surface area contributed by atoms with Crippen LogP contribution in [0.2, 0.25) is 0 Å². The van der Waals surface area contributed by atoms with Gasteiger partial charge in [0, 0.05) is 44.8 Å². The molecule has 1 heterocycles. The maximum Gasteiger partial charge on any atom is 0.224 e. The van der Waals surface area contributed by atoms with Crippen LogP contribution in [0.3, 0.4) is 0 Å². The lowest BCUT2D eigenvalue weighted by Gasteiger charge is -2.28. The van der Waals surface area contributed by atoms with Gasteiger partial charge in [-0.25, -0.2) is 0 Å². The van der Waals surface area contributed by atoms with E-state index in [0.717, 1.165) is 6.54 Å². The number of amides is 1. The highest BCUT2D eigenvalue weighted by Crippen LogP contribution is 2.26. The lowest BCUT2D eigenvalue weighted by molar-refractivity contribution is -0.133. The summed E-state index contributed by atoms with van der Waals surface area (Å²) in [6.45, 7) is 4.05. The lowest BCUT2D eigenvalue weighted by Crippen LogP contribution is -2.42. The molecular formula is C14H21N3O. The molecule has 0 fully saturated rings. The molecule has 1 atom stereocenters. The number of anilines is 1. The van der Waals surface area contributed by atoms with Crippen molar-refractivity contribution in [2.24, 2.45) is 5.73 Å². The number of benzene rings is 1. The average Bonchev–Trinajstić information content (AvgIpc) is 2.47. The predicted molar refractivity (Wildman–Crippen MR) is 73.4 cm³/mol. The monoisotopic (exact) mass is 247 g/mol. The number of carbonyl (C=O) groups is 1. The molecule has 0 radical (unpaired) electrons. The van der Waals surface area contributed by atoms with E-state index in [-0.39, 0.29) is 11.9 Å². The fraction of sp³-hybridized carbons (Fsp3) is 0.500. The Labute approximate surface area is 108 Å². The second-order valence-electron chi connectivity index (χ2n) is 4.92. The molecule has 0 unspecified atom stereocenters. The molecule has 1 aliphatic heterocycles. The molecular weight excluding hydrogens is 226 g/mol. The van der Waals surface area contributed by atoms with Crippen LogP contribution in [0.15, 0.2) is 24.3 Å². The standard InChI is InChI=1S/C14H21N3O/c1-11-9-16(2)13-6-4-3-5-12(13)10-17(11)14(18)7-8-15/h3-6,11H,7-10,15H2,1-2H3/t11-/m1/s1. The maximum atomic E-state index is 12.1. The predicted octanol–water partition coefficient (Wildman–Crippen LogP) is 1.20. The minimum absolute atomic E-state index is 0.148. The van der Waals surface area contributed by atoms with Crippen molar-refractivity contribution in [1.29, 1.82) is 0 Å². The summed E-state index contributed by atoms with van der Waals surface area (Å²) < 4.78 is 0. The summed E-state index contributed by atoms with van der Waals surface area (Å²) >= 11 is 0. The van der Waals surface area contributed by atoms with E-state index >= 15 is 0 Å². The highest BCUT2D eigenvalue weighted by atomic mass is 16.2. The van der Waals surface area contributed by atoms with Gasteiger partial charge in [0.15, 0.2) is 0 Å². The Balaban J connectivity index is 2.28. The normalized spacial score (nSPS) is 19.4. The summed E-state index contributed by atoms with van der Waals surface area (Å²) in [6, 6.07) is 8.47. The molecule has 98 valence electrons. The molecule has 18 heavy (non-hydrogen) atoms. The second kappa shape index (κ2) is 5.40. The summed E-state index contributed by atoms with van der Waals surface area (Å²) in [5.74, 6) is 0.148. The number of rotatable bonds is 2. The maximum absolute atomic E-state index is 12.1. The van der Waals surface area contributed by atoms with Gasteiger partial charge in [-0.1, -0.05) is 18.2 Å². The zero-order chi connectivity index (χ0) is 13.1. The van der Waals surface area contributed by atoms with Crippen LogP contribution >= 0.6 is 0 Å². The molecule has 1 aliphatic rings. The molecule has 2 rings (SSSR count). The SMILES string of the molecule is C[C@@H]1CN(C)c2ccccc2CN1C(=O)CCN. The minimum atomic E-state index is 0.148. The van der Waals surface area contributed by atoms with Gasteiger partial charge < -0.3 is 15.5 Å². The highest BCUT2D eigenvalue weighted by Gasteiger charge is 2.25. The Hall–Kier alpha value is -1.55. The first-order valence-electron chi connectivity index (χ1n) is 6.42. The number of hydrogen-bond donors (Lipinski definition) is 1. The third kappa shape index (κ3) is 2.48. The highest BCUT2D eigenvalue weighted by molar-refractivity contribution is 5.77. The Bertz CT molecular complexity index is 433. The fourth-order valence-electron chi connectivity index (χ4n) is 2.55. The number of carbonyl (C=O) groups excluding carboxylic acids is 1. The van der Waals surface area contributed by atoms with Crippen LogP contribution in [0.25, 0.3) is 0 Å². The van der Waals surface area contributed by atoms with E-state index in [1.165, 1.54) is 11.3 Å². The summed E-state index contributed by atoms with van der Waals surface area (Å²) in [5.41, 5.74) is 7.90. The van der Waals surface area contributed by atoms with Gasteiger partial charge in [-0.2, -0.15) is 0 Å². The molecule has 0 aliphatic carbocycles. The zero-order valence-corrected chi connectivity index (χ0v) is 11.1. The first-order chi connectivity index (χ1) is 8.63. The number of likely N-dealkylation sites (N-methyl/N-ethyl adjacent to an activating group) is 1. The molecule has 1 amide bonds. The minimum Gasteiger partial charge on any atom is -0.372 e. The fourth-order valence-corrected chi connectivity index (χ4v) is 2.55. The van der Waals surface area contributed by atoms with Gasteiger partial charge in [0.05, 0.1) is 0 Å². The first-order valence-corrected chi connectivity index (χ1v) is 6.42. The Kier molecular flexibility index (Phi) is 3.87. The summed E-state index contributed by atoms with van der Waals surface area (Å²) in [5, 5.41) is 0. The molecule has 0 bridgehead atoms.